The number of carbonyl (C=O) groups is 1. The highest BCUT2D eigenvalue weighted by Crippen LogP contribution is 2.32. The molecule has 0 atom stereocenters. The van der Waals surface area contributed by atoms with E-state index >= 15 is 0 Å². The van der Waals surface area contributed by atoms with Crippen molar-refractivity contribution in [3.05, 3.63) is 69.7 Å². The van der Waals surface area contributed by atoms with Crippen LogP contribution in [0.1, 0.15) is 18.4 Å². The van der Waals surface area contributed by atoms with E-state index < -0.39 is 0 Å². The van der Waals surface area contributed by atoms with Crippen LogP contribution in [-0.4, -0.2) is 35.3 Å². The standard InChI is InChI=1S/C22H17IN6O2/c1-13-25-26-22-21(24-16-10-6-7-11-17(16)28(13)22)20-19(23)18(12-31-14(2)30)29(27-20)15-8-4-3-5-9-15/h3-11H,12H2,1-2H3. The summed E-state index contributed by atoms with van der Waals surface area (Å²) in [7, 11) is 0. The molecule has 0 saturated heterocycles. The van der Waals surface area contributed by atoms with E-state index in [1.54, 1.807) is 4.68 Å². The van der Waals surface area contributed by atoms with Gasteiger partial charge in [-0.2, -0.15) is 5.10 Å². The molecular formula is C22H17IN6O2. The molecule has 0 unspecified atom stereocenters. The maximum absolute atomic E-state index is 11.5. The van der Waals surface area contributed by atoms with Crippen molar-refractivity contribution in [2.45, 2.75) is 20.5 Å². The monoisotopic (exact) mass is 524 g/mol. The van der Waals surface area contributed by atoms with Gasteiger partial charge in [-0.25, -0.2) is 9.67 Å². The maximum Gasteiger partial charge on any atom is 0.303 e. The summed E-state index contributed by atoms with van der Waals surface area (Å²) in [5, 5.41) is 13.5. The molecule has 0 N–H and O–H groups in total. The quantitative estimate of drug-likeness (QED) is 0.260. The lowest BCUT2D eigenvalue weighted by Crippen LogP contribution is -2.07. The van der Waals surface area contributed by atoms with Gasteiger partial charge in [0.1, 0.15) is 23.8 Å². The third-order valence-corrected chi connectivity index (χ3v) is 6.08. The van der Waals surface area contributed by atoms with E-state index in [4.69, 9.17) is 14.8 Å². The molecule has 5 aromatic rings. The highest BCUT2D eigenvalue weighted by molar-refractivity contribution is 14.1. The number of ether oxygens (including phenoxy) is 1. The Hall–Kier alpha value is -3.34. The normalized spacial score (nSPS) is 11.3. The van der Waals surface area contributed by atoms with E-state index in [-0.39, 0.29) is 12.6 Å². The van der Waals surface area contributed by atoms with Gasteiger partial charge in [0, 0.05) is 6.92 Å². The van der Waals surface area contributed by atoms with Crippen LogP contribution in [0.15, 0.2) is 54.6 Å². The molecule has 154 valence electrons. The Balaban J connectivity index is 1.79. The van der Waals surface area contributed by atoms with Gasteiger partial charge in [0.15, 0.2) is 5.65 Å². The zero-order valence-corrected chi connectivity index (χ0v) is 18.9. The van der Waals surface area contributed by atoms with Crippen LogP contribution in [-0.2, 0) is 16.1 Å². The van der Waals surface area contributed by atoms with Crippen molar-refractivity contribution in [2.24, 2.45) is 0 Å². The number of para-hydroxylation sites is 3. The van der Waals surface area contributed by atoms with Crippen molar-refractivity contribution < 1.29 is 9.53 Å². The first kappa shape index (κ1) is 19.6. The van der Waals surface area contributed by atoms with Gasteiger partial charge in [-0.15, -0.1) is 10.2 Å². The Kier molecular flexibility index (Phi) is 4.89. The zero-order chi connectivity index (χ0) is 21.5. The molecule has 5 rings (SSSR count). The van der Waals surface area contributed by atoms with E-state index in [1.165, 1.54) is 6.92 Å². The van der Waals surface area contributed by atoms with Gasteiger partial charge < -0.3 is 4.74 Å². The van der Waals surface area contributed by atoms with E-state index in [1.807, 2.05) is 65.9 Å². The van der Waals surface area contributed by atoms with Crippen molar-refractivity contribution in [3.63, 3.8) is 0 Å². The summed E-state index contributed by atoms with van der Waals surface area (Å²) in [5.41, 5.74) is 5.30. The second-order valence-electron chi connectivity index (χ2n) is 6.99. The van der Waals surface area contributed by atoms with Crippen molar-refractivity contribution >= 4 is 45.2 Å². The van der Waals surface area contributed by atoms with Crippen LogP contribution in [0.5, 0.6) is 0 Å². The fourth-order valence-electron chi connectivity index (χ4n) is 3.54. The molecule has 8 nitrogen and oxygen atoms in total. The number of aromatic nitrogens is 6. The molecule has 31 heavy (non-hydrogen) atoms. The second kappa shape index (κ2) is 7.73. The van der Waals surface area contributed by atoms with Crippen LogP contribution >= 0.6 is 22.6 Å². The lowest BCUT2D eigenvalue weighted by atomic mass is 10.2. The molecule has 9 heteroatoms. The number of fused-ring (bicyclic) bond motifs is 3. The fraction of sp³-hybridized carbons (Fsp3) is 0.136. The van der Waals surface area contributed by atoms with Crippen molar-refractivity contribution in [1.82, 2.24) is 29.4 Å². The number of carbonyl (C=O) groups excluding carboxylic acids is 1. The summed E-state index contributed by atoms with van der Waals surface area (Å²) in [4.78, 5) is 16.4. The van der Waals surface area contributed by atoms with Crippen molar-refractivity contribution in [3.8, 4) is 17.1 Å². The Labute approximate surface area is 191 Å². The van der Waals surface area contributed by atoms with Gasteiger partial charge in [0.05, 0.1) is 26.0 Å². The SMILES string of the molecule is CC(=O)OCc1c(I)c(-c2nc3ccccc3n3c(C)nnc23)nn1-c1ccccc1. The molecule has 3 aromatic heterocycles. The number of esters is 1. The first-order valence-corrected chi connectivity index (χ1v) is 10.7. The minimum absolute atomic E-state index is 0.102. The Morgan fingerprint density at radius 3 is 2.55 bits per heavy atom. The van der Waals surface area contributed by atoms with Crippen LogP contribution in [0.4, 0.5) is 0 Å². The molecule has 0 spiro atoms. The van der Waals surface area contributed by atoms with E-state index in [2.05, 4.69) is 32.8 Å². The second-order valence-corrected chi connectivity index (χ2v) is 8.07. The lowest BCUT2D eigenvalue weighted by molar-refractivity contribution is -0.142. The van der Waals surface area contributed by atoms with E-state index in [0.29, 0.717) is 17.0 Å². The molecule has 0 fully saturated rings. The van der Waals surface area contributed by atoms with Crippen molar-refractivity contribution in [2.75, 3.05) is 0 Å². The summed E-state index contributed by atoms with van der Waals surface area (Å²) in [5.74, 6) is 0.421. The number of hydrogen-bond acceptors (Lipinski definition) is 6. The summed E-state index contributed by atoms with van der Waals surface area (Å²) in [6, 6.07) is 17.6. The highest BCUT2D eigenvalue weighted by Gasteiger charge is 2.24. The number of halogens is 1. The molecule has 0 radical (unpaired) electrons. The summed E-state index contributed by atoms with van der Waals surface area (Å²) in [6.45, 7) is 3.41. The predicted molar refractivity (Wildman–Crippen MR) is 124 cm³/mol. The third-order valence-electron chi connectivity index (χ3n) is 4.95. The average Bonchev–Trinajstić information content (AvgIpc) is 3.33. The van der Waals surface area contributed by atoms with Crippen LogP contribution in [0.25, 0.3) is 33.8 Å². The topological polar surface area (TPSA) is 87.2 Å². The van der Waals surface area contributed by atoms with Gasteiger partial charge in [-0.1, -0.05) is 30.3 Å². The van der Waals surface area contributed by atoms with Crippen LogP contribution in [0.2, 0.25) is 0 Å². The van der Waals surface area contributed by atoms with Gasteiger partial charge in [-0.05, 0) is 53.8 Å². The number of rotatable bonds is 4. The number of nitrogens with zero attached hydrogens (tertiary/aromatic N) is 6. The smallest absolute Gasteiger partial charge is 0.303 e. The average molecular weight is 524 g/mol. The Morgan fingerprint density at radius 2 is 1.77 bits per heavy atom. The van der Waals surface area contributed by atoms with Crippen LogP contribution < -0.4 is 0 Å². The Bertz CT molecular complexity index is 1440. The molecular weight excluding hydrogens is 507 g/mol. The molecule has 0 bridgehead atoms. The van der Waals surface area contributed by atoms with Gasteiger partial charge in [0.25, 0.3) is 0 Å². The van der Waals surface area contributed by atoms with Gasteiger partial charge in [0.2, 0.25) is 0 Å². The molecule has 0 saturated carbocycles. The largest absolute Gasteiger partial charge is 0.459 e. The molecule has 2 aromatic carbocycles. The van der Waals surface area contributed by atoms with E-state index in [9.17, 15) is 4.79 Å². The fourth-order valence-corrected chi connectivity index (χ4v) is 4.29. The first-order chi connectivity index (χ1) is 15.0. The predicted octanol–water partition coefficient (Wildman–Crippen LogP) is 4.11. The summed E-state index contributed by atoms with van der Waals surface area (Å²) < 4.78 is 9.94. The summed E-state index contributed by atoms with van der Waals surface area (Å²) in [6.07, 6.45) is 0. The highest BCUT2D eigenvalue weighted by atomic mass is 127. The van der Waals surface area contributed by atoms with Gasteiger partial charge in [-0.3, -0.25) is 9.20 Å². The number of benzene rings is 2. The molecule has 0 aliphatic heterocycles. The maximum atomic E-state index is 11.5. The van der Waals surface area contributed by atoms with Gasteiger partial charge >= 0.3 is 5.97 Å². The van der Waals surface area contributed by atoms with Crippen LogP contribution in [0.3, 0.4) is 0 Å². The molecule has 3 heterocycles. The molecule has 0 aliphatic rings. The summed E-state index contributed by atoms with van der Waals surface area (Å²) >= 11 is 2.23. The van der Waals surface area contributed by atoms with E-state index in [0.717, 1.165) is 31.8 Å². The first-order valence-electron chi connectivity index (χ1n) is 9.61. The number of aryl methyl sites for hydroxylation is 1. The minimum Gasteiger partial charge on any atom is -0.459 e. The third kappa shape index (κ3) is 3.34. The Morgan fingerprint density at radius 1 is 1.03 bits per heavy atom. The molecule has 0 amide bonds. The lowest BCUT2D eigenvalue weighted by Gasteiger charge is -2.07. The molecule has 0 aliphatic carbocycles. The number of hydrogen-bond donors (Lipinski definition) is 0. The van der Waals surface area contributed by atoms with Crippen molar-refractivity contribution in [1.29, 1.82) is 0 Å². The zero-order valence-electron chi connectivity index (χ0n) is 16.8. The van der Waals surface area contributed by atoms with Crippen LogP contribution in [0, 0.1) is 10.5 Å². The minimum atomic E-state index is -0.350.